The summed E-state index contributed by atoms with van der Waals surface area (Å²) >= 11 is 0. The maximum absolute atomic E-state index is 9.17. The summed E-state index contributed by atoms with van der Waals surface area (Å²) in [7, 11) is -1.94. The maximum Gasteiger partial charge on any atom is 0.141 e. The third-order valence-corrected chi connectivity index (χ3v) is 9.61. The number of aliphatic hydroxyl groups is 1. The molecule has 0 radical (unpaired) electrons. The number of unbranched alkanes of at least 4 members (excludes halogenated alkanes) is 2. The van der Waals surface area contributed by atoms with Crippen LogP contribution < -0.4 is 10.4 Å². The summed E-state index contributed by atoms with van der Waals surface area (Å²) in [5.41, 5.74) is 0. The normalized spacial score (nSPS) is 12.4. The van der Waals surface area contributed by atoms with Gasteiger partial charge in [-0.2, -0.15) is 0 Å². The van der Waals surface area contributed by atoms with Crippen LogP contribution in [-0.2, 0) is 0 Å². The quantitative estimate of drug-likeness (QED) is 0.534. The smallest absolute Gasteiger partial charge is 0.141 e. The summed E-state index contributed by atoms with van der Waals surface area (Å²) in [4.78, 5) is 0. The van der Waals surface area contributed by atoms with Crippen molar-refractivity contribution in [1.29, 1.82) is 0 Å². The Morgan fingerprint density at radius 1 is 0.917 bits per heavy atom. The first-order valence-corrected chi connectivity index (χ1v) is 11.6. The second kappa shape index (κ2) is 9.60. The van der Waals surface area contributed by atoms with Gasteiger partial charge in [-0.25, -0.2) is 0 Å². The van der Waals surface area contributed by atoms with Crippen LogP contribution in [-0.4, -0.2) is 19.8 Å². The van der Waals surface area contributed by atoms with E-state index >= 15 is 0 Å². The Balaban J connectivity index is 2.51. The molecular weight excluding hydrogens is 308 g/mol. The Bertz CT molecular complexity index is 579. The first kappa shape index (κ1) is 18.7. The van der Waals surface area contributed by atoms with E-state index in [2.05, 4.69) is 80.2 Å². The van der Waals surface area contributed by atoms with Crippen LogP contribution in [0, 0.1) is 0 Å². The van der Waals surface area contributed by atoms with Gasteiger partial charge in [0.2, 0.25) is 0 Å². The lowest BCUT2D eigenvalue weighted by Gasteiger charge is -2.32. The van der Waals surface area contributed by atoms with Gasteiger partial charge in [0.25, 0.3) is 0 Å². The molecule has 0 atom stereocenters. The van der Waals surface area contributed by atoms with E-state index in [-0.39, 0.29) is 6.61 Å². The molecule has 2 aromatic rings. The molecule has 0 spiro atoms. The van der Waals surface area contributed by atoms with Gasteiger partial charge in [-0.05, 0) is 29.6 Å². The molecule has 0 saturated heterocycles. The molecule has 2 rings (SSSR count). The van der Waals surface area contributed by atoms with E-state index in [1.165, 1.54) is 23.2 Å². The van der Waals surface area contributed by atoms with Crippen LogP contribution in [0.25, 0.3) is 0 Å². The second-order valence-corrected chi connectivity index (χ2v) is 10.6. The van der Waals surface area contributed by atoms with E-state index in [0.717, 1.165) is 19.3 Å². The summed E-state index contributed by atoms with van der Waals surface area (Å²) < 4.78 is 0. The van der Waals surface area contributed by atoms with Crippen molar-refractivity contribution >= 4 is 18.4 Å². The van der Waals surface area contributed by atoms with Crippen LogP contribution >= 0.6 is 0 Å². The molecule has 24 heavy (non-hydrogen) atoms. The zero-order valence-electron chi connectivity index (χ0n) is 15.0. The van der Waals surface area contributed by atoms with Crippen molar-refractivity contribution in [3.8, 4) is 0 Å². The summed E-state index contributed by atoms with van der Waals surface area (Å²) in [6.07, 6.45) is 7.85. The fraction of sp³-hybridized carbons (Fsp3) is 0.364. The van der Waals surface area contributed by atoms with E-state index in [1.54, 1.807) is 5.20 Å². The monoisotopic (exact) mass is 338 g/mol. The lowest BCUT2D eigenvalue weighted by Crippen LogP contribution is -2.57. The number of aliphatic hydroxyl groups excluding tert-OH is 1. The highest BCUT2D eigenvalue weighted by Crippen LogP contribution is 2.22. The number of rotatable bonds is 9. The minimum Gasteiger partial charge on any atom is -0.396 e. The molecule has 1 N–H and O–H groups in total. The van der Waals surface area contributed by atoms with Crippen molar-refractivity contribution < 1.29 is 5.11 Å². The zero-order valence-corrected chi connectivity index (χ0v) is 16.0. The molecule has 128 valence electrons. The summed E-state index contributed by atoms with van der Waals surface area (Å²) in [5, 5.41) is 13.7. The van der Waals surface area contributed by atoms with Gasteiger partial charge in [0.1, 0.15) is 8.07 Å². The third-order valence-electron chi connectivity index (χ3n) is 4.90. The molecule has 1 nitrogen and oxygen atoms in total. The van der Waals surface area contributed by atoms with Gasteiger partial charge < -0.3 is 5.11 Å². The Kier molecular flexibility index (Phi) is 7.48. The topological polar surface area (TPSA) is 20.2 Å². The van der Waals surface area contributed by atoms with Crippen molar-refractivity contribution in [3.05, 3.63) is 71.9 Å². The van der Waals surface area contributed by atoms with E-state index in [1.807, 2.05) is 0 Å². The summed E-state index contributed by atoms with van der Waals surface area (Å²) in [6, 6.07) is 22.0. The molecule has 0 fully saturated rings. The highest BCUT2D eigenvalue weighted by atomic mass is 28.3. The molecule has 0 aliphatic carbocycles. The Morgan fingerprint density at radius 3 is 1.92 bits per heavy atom. The lowest BCUT2D eigenvalue weighted by molar-refractivity contribution is 0.289. The first-order chi connectivity index (χ1) is 11.7. The van der Waals surface area contributed by atoms with Crippen LogP contribution in [0.15, 0.2) is 71.9 Å². The van der Waals surface area contributed by atoms with Gasteiger partial charge in [0, 0.05) is 6.61 Å². The van der Waals surface area contributed by atoms with Crippen molar-refractivity contribution in [3.63, 3.8) is 0 Å². The number of allylic oxidation sites excluding steroid dienone is 2. The Morgan fingerprint density at radius 2 is 1.46 bits per heavy atom. The molecule has 0 unspecified atom stereocenters. The molecule has 0 aliphatic heterocycles. The van der Waals surface area contributed by atoms with Crippen molar-refractivity contribution in [1.82, 2.24) is 0 Å². The third kappa shape index (κ3) is 4.46. The fourth-order valence-electron chi connectivity index (χ4n) is 3.37. The molecule has 0 aromatic heterocycles. The van der Waals surface area contributed by atoms with Gasteiger partial charge in [-0.1, -0.05) is 98.2 Å². The van der Waals surface area contributed by atoms with Gasteiger partial charge >= 0.3 is 0 Å². The van der Waals surface area contributed by atoms with E-state index in [4.69, 9.17) is 0 Å². The molecule has 0 heterocycles. The van der Waals surface area contributed by atoms with Gasteiger partial charge in [0.05, 0.1) is 0 Å². The van der Waals surface area contributed by atoms with Crippen molar-refractivity contribution in [2.24, 2.45) is 0 Å². The molecule has 0 bridgehead atoms. The van der Waals surface area contributed by atoms with Crippen LogP contribution in [0.2, 0.25) is 6.55 Å². The predicted octanol–water partition coefficient (Wildman–Crippen LogP) is 4.31. The number of hydrogen-bond acceptors (Lipinski definition) is 1. The number of benzene rings is 2. The molecular formula is C22H30OSi. The average Bonchev–Trinajstić information content (AvgIpc) is 2.65. The van der Waals surface area contributed by atoms with Crippen LogP contribution in [0.1, 0.15) is 39.0 Å². The largest absolute Gasteiger partial charge is 0.396 e. The fourth-order valence-corrected chi connectivity index (χ4v) is 7.39. The summed E-state index contributed by atoms with van der Waals surface area (Å²) in [5.74, 6) is 0. The van der Waals surface area contributed by atoms with E-state index in [0.29, 0.717) is 0 Å². The molecule has 0 aliphatic rings. The number of hydrogen-bond donors (Lipinski definition) is 1. The molecule has 0 amide bonds. The Hall–Kier alpha value is -1.64. The maximum atomic E-state index is 9.17. The van der Waals surface area contributed by atoms with Gasteiger partial charge in [-0.3, -0.25) is 0 Å². The second-order valence-electron chi connectivity index (χ2n) is 6.56. The minimum absolute atomic E-state index is 0.270. The highest BCUT2D eigenvalue weighted by Gasteiger charge is 2.35. The van der Waals surface area contributed by atoms with Crippen molar-refractivity contribution in [2.75, 3.05) is 6.61 Å². The van der Waals surface area contributed by atoms with Crippen LogP contribution in [0.5, 0.6) is 0 Å². The van der Waals surface area contributed by atoms with Gasteiger partial charge in [0.15, 0.2) is 0 Å². The molecule has 0 saturated carbocycles. The predicted molar refractivity (Wildman–Crippen MR) is 108 cm³/mol. The molecule has 2 aromatic carbocycles. The highest BCUT2D eigenvalue weighted by molar-refractivity contribution is 7.06. The molecule has 2 heteroatoms. The van der Waals surface area contributed by atoms with E-state index < -0.39 is 8.07 Å². The minimum atomic E-state index is -1.94. The Labute approximate surface area is 148 Å². The first-order valence-electron chi connectivity index (χ1n) is 9.15. The van der Waals surface area contributed by atoms with E-state index in [9.17, 15) is 5.11 Å². The average molecular weight is 339 g/mol. The van der Waals surface area contributed by atoms with Crippen LogP contribution in [0.4, 0.5) is 0 Å². The lowest BCUT2D eigenvalue weighted by atomic mass is 10.2. The van der Waals surface area contributed by atoms with Gasteiger partial charge in [-0.15, -0.1) is 0 Å². The van der Waals surface area contributed by atoms with Crippen LogP contribution in [0.3, 0.4) is 0 Å². The zero-order chi connectivity index (χ0) is 17.3. The SMILES string of the molecule is CCCC/C(=C/CCCO)[Si](C)(c1ccccc1)c1ccccc1. The summed E-state index contributed by atoms with van der Waals surface area (Å²) in [6.45, 7) is 5.01. The van der Waals surface area contributed by atoms with Crippen molar-refractivity contribution in [2.45, 2.75) is 45.6 Å². The standard InChI is InChI=1S/C22H30OSi/c1-3-4-13-20(18-11-12-19-23)24(2,21-14-7-5-8-15-21)22-16-9-6-10-17-22/h5-10,14-18,23H,3-4,11-13,19H2,1-2H3/b20-18-.